The second kappa shape index (κ2) is 11.7. The number of carboxylic acids is 1. The summed E-state index contributed by atoms with van der Waals surface area (Å²) in [5.74, 6) is -1.02. The third-order valence-corrected chi connectivity index (χ3v) is 6.48. The first-order valence-corrected chi connectivity index (χ1v) is 12.5. The molecule has 188 valence electrons. The van der Waals surface area contributed by atoms with Crippen LogP contribution in [0.25, 0.3) is 0 Å². The number of carbonyl (C=O) groups is 3. The van der Waals surface area contributed by atoms with E-state index in [4.69, 9.17) is 9.47 Å². The highest BCUT2D eigenvalue weighted by atomic mass is 32.2. The van der Waals surface area contributed by atoms with Crippen molar-refractivity contribution in [3.05, 3.63) is 65.7 Å². The van der Waals surface area contributed by atoms with Gasteiger partial charge in [-0.1, -0.05) is 42.5 Å². The fourth-order valence-corrected chi connectivity index (χ4v) is 4.71. The maximum atomic E-state index is 13.5. The molecule has 8 nitrogen and oxygen atoms in total. The standard InChI is InChI=1S/C26H32N2O6S/c1-16(27-20(24(30)31)15-35-18-11-6-5-7-12-18)23(29)22-19-13-9-8-10-17(19)14-21(28-22)33-25(32)34-26(2,3)4/h5-13,16,20-22,27-28H,14-15H2,1-4H3,(H,30,31)/t16-,20?,21?,22?/m0/s1. The van der Waals surface area contributed by atoms with Gasteiger partial charge in [0.05, 0.1) is 12.1 Å². The molecule has 0 amide bonds. The van der Waals surface area contributed by atoms with Crippen LogP contribution in [0.5, 0.6) is 0 Å². The Hall–Kier alpha value is -2.88. The normalized spacial score (nSPS) is 19.2. The fraction of sp³-hybridized carbons (Fsp3) is 0.423. The molecule has 0 fully saturated rings. The number of aliphatic carboxylic acids is 1. The largest absolute Gasteiger partial charge is 0.510 e. The summed E-state index contributed by atoms with van der Waals surface area (Å²) >= 11 is 1.40. The molecule has 3 N–H and O–H groups in total. The fourth-order valence-electron chi connectivity index (χ4n) is 3.76. The number of benzene rings is 2. The molecule has 35 heavy (non-hydrogen) atoms. The van der Waals surface area contributed by atoms with Crippen LogP contribution in [0.2, 0.25) is 0 Å². The monoisotopic (exact) mass is 500 g/mol. The zero-order valence-corrected chi connectivity index (χ0v) is 21.1. The number of Topliss-reactive ketones (excluding diaryl/α,β-unsaturated/α-hetero) is 1. The average Bonchev–Trinajstić information content (AvgIpc) is 2.79. The van der Waals surface area contributed by atoms with Crippen molar-refractivity contribution >= 4 is 29.7 Å². The maximum absolute atomic E-state index is 13.5. The lowest BCUT2D eigenvalue weighted by Crippen LogP contribution is -2.53. The lowest BCUT2D eigenvalue weighted by atomic mass is 9.89. The Labute approximate surface area is 209 Å². The first-order chi connectivity index (χ1) is 16.5. The van der Waals surface area contributed by atoms with Gasteiger partial charge in [0.25, 0.3) is 0 Å². The van der Waals surface area contributed by atoms with E-state index in [0.29, 0.717) is 6.42 Å². The van der Waals surface area contributed by atoms with Crippen LogP contribution in [0.15, 0.2) is 59.5 Å². The quantitative estimate of drug-likeness (QED) is 0.348. The van der Waals surface area contributed by atoms with Gasteiger partial charge in [-0.15, -0.1) is 11.8 Å². The summed E-state index contributed by atoms with van der Waals surface area (Å²) in [7, 11) is 0. The van der Waals surface area contributed by atoms with E-state index in [-0.39, 0.29) is 11.5 Å². The van der Waals surface area contributed by atoms with Crippen molar-refractivity contribution in [2.45, 2.75) is 69.0 Å². The molecule has 2 aromatic rings. The van der Waals surface area contributed by atoms with E-state index in [9.17, 15) is 19.5 Å². The number of carboxylic acid groups (broad SMARTS) is 1. The van der Waals surface area contributed by atoms with Gasteiger partial charge in [-0.2, -0.15) is 0 Å². The van der Waals surface area contributed by atoms with Crippen molar-refractivity contribution in [3.8, 4) is 0 Å². The second-order valence-electron chi connectivity index (χ2n) is 9.38. The Bertz CT molecular complexity index is 1040. The van der Waals surface area contributed by atoms with Gasteiger partial charge in [0.1, 0.15) is 11.6 Å². The summed E-state index contributed by atoms with van der Waals surface area (Å²) < 4.78 is 10.7. The van der Waals surface area contributed by atoms with Crippen molar-refractivity contribution in [1.82, 2.24) is 10.6 Å². The molecule has 0 saturated carbocycles. The molecule has 3 rings (SSSR count). The molecule has 0 bridgehead atoms. The van der Waals surface area contributed by atoms with E-state index in [1.165, 1.54) is 11.8 Å². The van der Waals surface area contributed by atoms with E-state index in [0.717, 1.165) is 16.0 Å². The van der Waals surface area contributed by atoms with Crippen molar-refractivity contribution in [3.63, 3.8) is 0 Å². The molecule has 0 aliphatic carbocycles. The molecule has 3 unspecified atom stereocenters. The molecule has 0 spiro atoms. The number of nitrogens with one attached hydrogen (secondary N) is 2. The van der Waals surface area contributed by atoms with Gasteiger partial charge in [-0.3, -0.25) is 20.2 Å². The average molecular weight is 501 g/mol. The van der Waals surface area contributed by atoms with Crippen LogP contribution in [0.1, 0.15) is 44.9 Å². The Morgan fingerprint density at radius 2 is 1.77 bits per heavy atom. The van der Waals surface area contributed by atoms with E-state index < -0.39 is 42.1 Å². The number of ketones is 1. The van der Waals surface area contributed by atoms with Gasteiger partial charge in [0, 0.05) is 17.1 Å². The van der Waals surface area contributed by atoms with Crippen molar-refractivity contribution in [2.24, 2.45) is 0 Å². The highest BCUT2D eigenvalue weighted by Gasteiger charge is 2.36. The first kappa shape index (κ1) is 26.7. The van der Waals surface area contributed by atoms with Crippen LogP contribution >= 0.6 is 11.8 Å². The van der Waals surface area contributed by atoms with E-state index in [1.54, 1.807) is 27.7 Å². The second-order valence-corrected chi connectivity index (χ2v) is 10.5. The molecule has 1 aliphatic rings. The third kappa shape index (κ3) is 7.81. The molecule has 4 atom stereocenters. The third-order valence-electron chi connectivity index (χ3n) is 5.37. The Morgan fingerprint density at radius 1 is 1.11 bits per heavy atom. The molecule has 2 aromatic carbocycles. The number of rotatable bonds is 9. The van der Waals surface area contributed by atoms with E-state index in [1.807, 2.05) is 54.6 Å². The zero-order valence-electron chi connectivity index (χ0n) is 20.3. The minimum Gasteiger partial charge on any atom is -0.480 e. The Kier molecular flexibility index (Phi) is 8.93. The van der Waals surface area contributed by atoms with Gasteiger partial charge in [-0.25, -0.2) is 4.79 Å². The Morgan fingerprint density at radius 3 is 2.43 bits per heavy atom. The number of hydrogen-bond acceptors (Lipinski definition) is 8. The van der Waals surface area contributed by atoms with Gasteiger partial charge < -0.3 is 14.6 Å². The summed E-state index contributed by atoms with van der Waals surface area (Å²) in [5.41, 5.74) is 0.946. The maximum Gasteiger partial charge on any atom is 0.510 e. The van der Waals surface area contributed by atoms with Crippen LogP contribution in [-0.2, 0) is 25.5 Å². The van der Waals surface area contributed by atoms with Gasteiger partial charge in [-0.05, 0) is 51.0 Å². The van der Waals surface area contributed by atoms with Gasteiger partial charge in [0.2, 0.25) is 0 Å². The molecule has 0 saturated heterocycles. The highest BCUT2D eigenvalue weighted by molar-refractivity contribution is 7.99. The van der Waals surface area contributed by atoms with Crippen molar-refractivity contribution < 1.29 is 29.0 Å². The first-order valence-electron chi connectivity index (χ1n) is 11.5. The van der Waals surface area contributed by atoms with Crippen LogP contribution in [-0.4, -0.2) is 52.7 Å². The predicted molar refractivity (Wildman–Crippen MR) is 133 cm³/mol. The number of ether oxygens (including phenoxy) is 2. The van der Waals surface area contributed by atoms with Crippen LogP contribution in [0.4, 0.5) is 4.79 Å². The van der Waals surface area contributed by atoms with E-state index in [2.05, 4.69) is 10.6 Å². The van der Waals surface area contributed by atoms with Crippen molar-refractivity contribution in [2.75, 3.05) is 5.75 Å². The number of carbonyl (C=O) groups excluding carboxylic acids is 2. The summed E-state index contributed by atoms with van der Waals surface area (Å²) in [6.45, 7) is 6.87. The highest BCUT2D eigenvalue weighted by Crippen LogP contribution is 2.28. The van der Waals surface area contributed by atoms with Gasteiger partial charge >= 0.3 is 12.1 Å². The Balaban J connectivity index is 1.70. The summed E-state index contributed by atoms with van der Waals surface area (Å²) in [5, 5.41) is 15.8. The number of hydrogen-bond donors (Lipinski definition) is 3. The minimum atomic E-state index is -1.03. The summed E-state index contributed by atoms with van der Waals surface area (Å²) in [4.78, 5) is 38.5. The summed E-state index contributed by atoms with van der Waals surface area (Å²) in [6.07, 6.45) is -1.20. The molecular weight excluding hydrogens is 468 g/mol. The molecule has 1 heterocycles. The number of thioether (sulfide) groups is 1. The predicted octanol–water partition coefficient (Wildman–Crippen LogP) is 3.94. The topological polar surface area (TPSA) is 114 Å². The van der Waals surface area contributed by atoms with Crippen molar-refractivity contribution in [1.29, 1.82) is 0 Å². The van der Waals surface area contributed by atoms with Gasteiger partial charge in [0.15, 0.2) is 12.0 Å². The number of fused-ring (bicyclic) bond motifs is 1. The molecular formula is C26H32N2O6S. The van der Waals surface area contributed by atoms with Crippen LogP contribution in [0.3, 0.4) is 0 Å². The molecule has 1 aliphatic heterocycles. The molecule has 0 aromatic heterocycles. The smallest absolute Gasteiger partial charge is 0.480 e. The molecule has 0 radical (unpaired) electrons. The molecule has 9 heteroatoms. The zero-order chi connectivity index (χ0) is 25.6. The lowest BCUT2D eigenvalue weighted by Gasteiger charge is -2.34. The van der Waals surface area contributed by atoms with Crippen LogP contribution < -0.4 is 10.6 Å². The van der Waals surface area contributed by atoms with Crippen LogP contribution in [0, 0.1) is 0 Å². The lowest BCUT2D eigenvalue weighted by molar-refractivity contribution is -0.139. The minimum absolute atomic E-state index is 0.245. The summed E-state index contributed by atoms with van der Waals surface area (Å²) in [6, 6.07) is 14.5. The SMILES string of the molecule is C[C@H](NC(CSc1ccccc1)C(=O)O)C(=O)C1NC(OC(=O)OC(C)(C)C)Cc2ccccc21. The van der Waals surface area contributed by atoms with E-state index >= 15 is 0 Å².